The zero-order valence-corrected chi connectivity index (χ0v) is 10.1. The van der Waals surface area contributed by atoms with Crippen LogP contribution in [0.1, 0.15) is 10.4 Å². The van der Waals surface area contributed by atoms with E-state index in [0.717, 1.165) is 23.1 Å². The lowest BCUT2D eigenvalue weighted by Crippen LogP contribution is -1.97. The van der Waals surface area contributed by atoms with Crippen molar-refractivity contribution in [3.05, 3.63) is 54.2 Å². The highest BCUT2D eigenvalue weighted by molar-refractivity contribution is 5.99. The van der Waals surface area contributed by atoms with Gasteiger partial charge in [-0.15, -0.1) is 0 Å². The Morgan fingerprint density at radius 1 is 1.00 bits per heavy atom. The zero-order valence-electron chi connectivity index (χ0n) is 10.1. The van der Waals surface area contributed by atoms with E-state index < -0.39 is 0 Å². The average Bonchev–Trinajstić information content (AvgIpc) is 2.48. The van der Waals surface area contributed by atoms with Gasteiger partial charge in [0.15, 0.2) is 6.29 Å². The molecule has 2 heterocycles. The Morgan fingerprint density at radius 2 is 1.84 bits per heavy atom. The van der Waals surface area contributed by atoms with Gasteiger partial charge in [0.2, 0.25) is 0 Å². The molecular formula is C15H11N3O. The fraction of sp³-hybridized carbons (Fsp3) is 0. The van der Waals surface area contributed by atoms with Crippen LogP contribution in [0.4, 0.5) is 5.69 Å². The molecule has 0 atom stereocenters. The Balaban J connectivity index is 2.25. The van der Waals surface area contributed by atoms with Crippen LogP contribution >= 0.6 is 0 Å². The Morgan fingerprint density at radius 3 is 2.58 bits per heavy atom. The van der Waals surface area contributed by atoms with E-state index in [9.17, 15) is 4.79 Å². The molecule has 4 heteroatoms. The summed E-state index contributed by atoms with van der Waals surface area (Å²) in [5, 5.41) is 0.905. The molecule has 1 aromatic carbocycles. The van der Waals surface area contributed by atoms with Crippen LogP contribution in [0.2, 0.25) is 0 Å². The van der Waals surface area contributed by atoms with Crippen LogP contribution in [-0.4, -0.2) is 16.3 Å². The number of carbonyl (C=O) groups excluding carboxylic acids is 1. The van der Waals surface area contributed by atoms with Gasteiger partial charge in [-0.25, -0.2) is 4.98 Å². The van der Waals surface area contributed by atoms with Crippen molar-refractivity contribution in [3.8, 4) is 11.4 Å². The number of hydrogen-bond acceptors (Lipinski definition) is 4. The summed E-state index contributed by atoms with van der Waals surface area (Å²) in [7, 11) is 0. The molecule has 0 bridgehead atoms. The molecule has 2 aromatic heterocycles. The summed E-state index contributed by atoms with van der Waals surface area (Å²) >= 11 is 0. The molecular weight excluding hydrogens is 238 g/mol. The van der Waals surface area contributed by atoms with Crippen molar-refractivity contribution in [3.63, 3.8) is 0 Å². The van der Waals surface area contributed by atoms with Gasteiger partial charge in [0.25, 0.3) is 0 Å². The number of nitrogens with zero attached hydrogens (tertiary/aromatic N) is 2. The third-order valence-corrected chi connectivity index (χ3v) is 2.99. The molecule has 0 aliphatic heterocycles. The van der Waals surface area contributed by atoms with Gasteiger partial charge in [-0.1, -0.05) is 18.2 Å². The highest BCUT2D eigenvalue weighted by Crippen LogP contribution is 2.25. The molecule has 0 fully saturated rings. The number of hydrogen-bond donors (Lipinski definition) is 1. The third kappa shape index (κ3) is 1.93. The summed E-state index contributed by atoms with van der Waals surface area (Å²) in [4.78, 5) is 19.7. The number of carbonyl (C=O) groups is 1. The highest BCUT2D eigenvalue weighted by Gasteiger charge is 2.07. The number of pyridine rings is 2. The van der Waals surface area contributed by atoms with Gasteiger partial charge in [-0.2, -0.15) is 0 Å². The minimum Gasteiger partial charge on any atom is -0.396 e. The van der Waals surface area contributed by atoms with E-state index in [1.165, 1.54) is 0 Å². The first-order valence-electron chi connectivity index (χ1n) is 5.85. The lowest BCUT2D eigenvalue weighted by molar-refractivity contribution is 0.112. The van der Waals surface area contributed by atoms with Gasteiger partial charge in [0.1, 0.15) is 0 Å². The monoisotopic (exact) mass is 249 g/mol. The predicted octanol–water partition coefficient (Wildman–Crippen LogP) is 2.69. The van der Waals surface area contributed by atoms with E-state index >= 15 is 0 Å². The van der Waals surface area contributed by atoms with Crippen molar-refractivity contribution in [1.29, 1.82) is 0 Å². The third-order valence-electron chi connectivity index (χ3n) is 2.99. The van der Waals surface area contributed by atoms with Crippen molar-refractivity contribution >= 4 is 22.9 Å². The maximum Gasteiger partial charge on any atom is 0.152 e. The number of aldehydes is 1. The Bertz CT molecular complexity index is 754. The number of aromatic nitrogens is 2. The first-order valence-corrected chi connectivity index (χ1v) is 5.85. The molecule has 0 saturated carbocycles. The molecule has 0 amide bonds. The fourth-order valence-corrected chi connectivity index (χ4v) is 1.99. The smallest absolute Gasteiger partial charge is 0.152 e. The Kier molecular flexibility index (Phi) is 2.68. The Hall–Kier alpha value is -2.75. The number of nitrogens with two attached hydrogens (primary N) is 1. The van der Waals surface area contributed by atoms with Crippen LogP contribution in [0.5, 0.6) is 0 Å². The van der Waals surface area contributed by atoms with Crippen LogP contribution in [0.25, 0.3) is 22.3 Å². The summed E-state index contributed by atoms with van der Waals surface area (Å²) in [6.07, 6.45) is 2.45. The molecule has 2 N–H and O–H groups in total. The summed E-state index contributed by atoms with van der Waals surface area (Å²) < 4.78 is 0. The van der Waals surface area contributed by atoms with Crippen LogP contribution < -0.4 is 5.73 Å². The molecule has 92 valence electrons. The molecule has 0 saturated heterocycles. The van der Waals surface area contributed by atoms with Crippen molar-refractivity contribution < 1.29 is 4.79 Å². The maximum absolute atomic E-state index is 10.9. The number of rotatable bonds is 2. The largest absolute Gasteiger partial charge is 0.396 e. The van der Waals surface area contributed by atoms with Gasteiger partial charge in [0.05, 0.1) is 22.6 Å². The molecule has 0 unspecified atom stereocenters. The van der Waals surface area contributed by atoms with Crippen molar-refractivity contribution in [1.82, 2.24) is 9.97 Å². The number of nitrogen functional groups attached to an aromatic ring is 1. The molecule has 0 aliphatic rings. The molecule has 0 aliphatic carbocycles. The standard InChI is InChI=1S/C15H11N3O/c16-14-11(9-19)5-4-10-6-7-13(18-15(10)14)12-3-1-2-8-17-12/h1-9H,16H2. The summed E-state index contributed by atoms with van der Waals surface area (Å²) in [5.74, 6) is 0. The van der Waals surface area contributed by atoms with Crippen LogP contribution in [0.15, 0.2) is 48.7 Å². The summed E-state index contributed by atoms with van der Waals surface area (Å²) in [6, 6.07) is 13.0. The second kappa shape index (κ2) is 4.49. The topological polar surface area (TPSA) is 68.9 Å². The minimum atomic E-state index is 0.408. The molecule has 19 heavy (non-hydrogen) atoms. The first-order chi connectivity index (χ1) is 9.29. The van der Waals surface area contributed by atoms with E-state index in [-0.39, 0.29) is 0 Å². The van der Waals surface area contributed by atoms with Gasteiger partial charge in [-0.05, 0) is 24.3 Å². The molecule has 4 nitrogen and oxygen atoms in total. The maximum atomic E-state index is 10.9. The van der Waals surface area contributed by atoms with E-state index in [1.54, 1.807) is 12.3 Å². The molecule has 0 radical (unpaired) electrons. The lowest BCUT2D eigenvalue weighted by atomic mass is 10.1. The number of benzene rings is 1. The second-order valence-electron chi connectivity index (χ2n) is 4.17. The Labute approximate surface area is 109 Å². The van der Waals surface area contributed by atoms with Gasteiger partial charge < -0.3 is 5.73 Å². The number of anilines is 1. The van der Waals surface area contributed by atoms with Crippen molar-refractivity contribution in [2.24, 2.45) is 0 Å². The van der Waals surface area contributed by atoms with Gasteiger partial charge in [-0.3, -0.25) is 9.78 Å². The lowest BCUT2D eigenvalue weighted by Gasteiger charge is -2.06. The van der Waals surface area contributed by atoms with Crippen LogP contribution in [0, 0.1) is 0 Å². The summed E-state index contributed by atoms with van der Waals surface area (Å²) in [6.45, 7) is 0. The second-order valence-corrected chi connectivity index (χ2v) is 4.17. The van der Waals surface area contributed by atoms with E-state index in [0.29, 0.717) is 16.8 Å². The van der Waals surface area contributed by atoms with Crippen LogP contribution in [0.3, 0.4) is 0 Å². The highest BCUT2D eigenvalue weighted by atomic mass is 16.1. The first kappa shape index (κ1) is 11.3. The zero-order chi connectivity index (χ0) is 13.2. The van der Waals surface area contributed by atoms with Crippen LogP contribution in [-0.2, 0) is 0 Å². The molecule has 3 aromatic rings. The van der Waals surface area contributed by atoms with E-state index in [2.05, 4.69) is 9.97 Å². The van der Waals surface area contributed by atoms with Crippen molar-refractivity contribution in [2.75, 3.05) is 5.73 Å². The van der Waals surface area contributed by atoms with E-state index in [1.807, 2.05) is 36.4 Å². The van der Waals surface area contributed by atoms with E-state index in [4.69, 9.17) is 5.73 Å². The minimum absolute atomic E-state index is 0.408. The summed E-state index contributed by atoms with van der Waals surface area (Å²) in [5.41, 5.74) is 8.98. The fourth-order valence-electron chi connectivity index (χ4n) is 1.99. The van der Waals surface area contributed by atoms with Gasteiger partial charge >= 0.3 is 0 Å². The van der Waals surface area contributed by atoms with Crippen molar-refractivity contribution in [2.45, 2.75) is 0 Å². The molecule has 0 spiro atoms. The van der Waals surface area contributed by atoms with Gasteiger partial charge in [0, 0.05) is 17.1 Å². The quantitative estimate of drug-likeness (QED) is 0.560. The number of fused-ring (bicyclic) bond motifs is 1. The molecule has 3 rings (SSSR count). The average molecular weight is 249 g/mol. The predicted molar refractivity (Wildman–Crippen MR) is 74.8 cm³/mol. The normalized spacial score (nSPS) is 10.5. The SMILES string of the molecule is Nc1c(C=O)ccc2ccc(-c3ccccn3)nc12.